The SMILES string of the molecule is C=c1cc(O)n2ncnc12. The monoisotopic (exact) mass is 135 g/mol. The average Bonchev–Trinajstić information content (AvgIpc) is 2.39. The molecule has 10 heavy (non-hydrogen) atoms. The molecule has 4 heteroatoms. The van der Waals surface area contributed by atoms with Gasteiger partial charge in [0.15, 0.2) is 5.65 Å². The lowest BCUT2D eigenvalue weighted by Crippen LogP contribution is -1.92. The van der Waals surface area contributed by atoms with E-state index in [2.05, 4.69) is 16.7 Å². The molecule has 2 aromatic rings. The number of hydrogen-bond donors (Lipinski definition) is 1. The Labute approximate surface area is 56.4 Å². The molecule has 0 bridgehead atoms. The molecule has 0 aliphatic rings. The molecule has 0 radical (unpaired) electrons. The molecule has 2 rings (SSSR count). The van der Waals surface area contributed by atoms with Crippen LogP contribution in [0, 0.1) is 0 Å². The van der Waals surface area contributed by atoms with Crippen LogP contribution < -0.4 is 5.22 Å². The fourth-order valence-electron chi connectivity index (χ4n) is 0.910. The van der Waals surface area contributed by atoms with E-state index in [0.717, 1.165) is 0 Å². The Bertz CT molecular complexity index is 406. The molecule has 0 unspecified atom stereocenters. The molecule has 0 spiro atoms. The summed E-state index contributed by atoms with van der Waals surface area (Å²) in [6.07, 6.45) is 1.38. The highest BCUT2D eigenvalue weighted by Crippen LogP contribution is 2.04. The Morgan fingerprint density at radius 2 is 2.40 bits per heavy atom. The van der Waals surface area contributed by atoms with Crippen molar-refractivity contribution in [2.75, 3.05) is 0 Å². The van der Waals surface area contributed by atoms with Crippen molar-refractivity contribution in [2.45, 2.75) is 0 Å². The Morgan fingerprint density at radius 3 is 3.10 bits per heavy atom. The van der Waals surface area contributed by atoms with Crippen LogP contribution in [0.25, 0.3) is 12.2 Å². The third-order valence-corrected chi connectivity index (χ3v) is 1.36. The van der Waals surface area contributed by atoms with Gasteiger partial charge in [-0.3, -0.25) is 0 Å². The molecule has 1 N–H and O–H groups in total. The summed E-state index contributed by atoms with van der Waals surface area (Å²) in [5.41, 5.74) is 0.609. The maximum atomic E-state index is 9.10. The minimum atomic E-state index is 0.0810. The lowest BCUT2D eigenvalue weighted by Gasteiger charge is -1.80. The number of aromatic nitrogens is 3. The van der Waals surface area contributed by atoms with Crippen LogP contribution >= 0.6 is 0 Å². The molecule has 0 aromatic carbocycles. The standard InChI is InChI=1S/C6H5N3O/c1-4-2-5(10)9-6(4)7-3-8-9/h2-3,10H,1H2. The summed E-state index contributed by atoms with van der Waals surface area (Å²) in [5.74, 6) is 0.0810. The number of nitrogens with zero attached hydrogens (tertiary/aromatic N) is 3. The molecule has 0 saturated heterocycles. The van der Waals surface area contributed by atoms with Crippen LogP contribution in [0.2, 0.25) is 0 Å². The number of hydrogen-bond acceptors (Lipinski definition) is 3. The molecule has 50 valence electrons. The molecule has 4 nitrogen and oxygen atoms in total. The second-order valence-corrected chi connectivity index (χ2v) is 2.02. The molecule has 2 aromatic heterocycles. The van der Waals surface area contributed by atoms with Gasteiger partial charge in [-0.1, -0.05) is 6.58 Å². The quantitative estimate of drug-likeness (QED) is 0.533. The van der Waals surface area contributed by atoms with E-state index in [1.807, 2.05) is 0 Å². The first kappa shape index (κ1) is 5.22. The molecule has 0 aliphatic carbocycles. The lowest BCUT2D eigenvalue weighted by molar-refractivity contribution is 0.440. The van der Waals surface area contributed by atoms with Gasteiger partial charge in [0, 0.05) is 11.3 Å². The van der Waals surface area contributed by atoms with E-state index in [9.17, 15) is 0 Å². The van der Waals surface area contributed by atoms with Crippen LogP contribution in [0.15, 0.2) is 12.4 Å². The summed E-state index contributed by atoms with van der Waals surface area (Å²) < 4.78 is 1.34. The maximum Gasteiger partial charge on any atom is 0.214 e. The van der Waals surface area contributed by atoms with Crippen molar-refractivity contribution in [1.29, 1.82) is 0 Å². The predicted octanol–water partition coefficient (Wildman–Crippen LogP) is -0.436. The van der Waals surface area contributed by atoms with E-state index < -0.39 is 0 Å². The van der Waals surface area contributed by atoms with Gasteiger partial charge in [0.1, 0.15) is 6.33 Å². The van der Waals surface area contributed by atoms with E-state index in [4.69, 9.17) is 5.11 Å². The summed E-state index contributed by atoms with van der Waals surface area (Å²) in [5, 5.41) is 13.5. The smallest absolute Gasteiger partial charge is 0.214 e. The van der Waals surface area contributed by atoms with E-state index in [-0.39, 0.29) is 5.88 Å². The van der Waals surface area contributed by atoms with Gasteiger partial charge in [0.25, 0.3) is 0 Å². The van der Waals surface area contributed by atoms with Crippen molar-refractivity contribution in [2.24, 2.45) is 0 Å². The van der Waals surface area contributed by atoms with Crippen molar-refractivity contribution in [3.8, 4) is 5.88 Å². The zero-order valence-corrected chi connectivity index (χ0v) is 5.15. The van der Waals surface area contributed by atoms with Crippen LogP contribution in [0.1, 0.15) is 0 Å². The van der Waals surface area contributed by atoms with Crippen molar-refractivity contribution >= 4 is 12.2 Å². The van der Waals surface area contributed by atoms with Gasteiger partial charge in [0.2, 0.25) is 5.88 Å². The van der Waals surface area contributed by atoms with Crippen LogP contribution in [0.3, 0.4) is 0 Å². The van der Waals surface area contributed by atoms with Gasteiger partial charge in [-0.05, 0) is 0 Å². The molecule has 2 heterocycles. The summed E-state index contributed by atoms with van der Waals surface area (Å²) in [6, 6.07) is 1.52. The van der Waals surface area contributed by atoms with Gasteiger partial charge in [-0.15, -0.1) is 0 Å². The zero-order chi connectivity index (χ0) is 7.14. The van der Waals surface area contributed by atoms with Crippen molar-refractivity contribution in [3.63, 3.8) is 0 Å². The summed E-state index contributed by atoms with van der Waals surface area (Å²) in [6.45, 7) is 3.66. The van der Waals surface area contributed by atoms with E-state index in [0.29, 0.717) is 10.9 Å². The first-order valence-electron chi connectivity index (χ1n) is 2.79. The summed E-state index contributed by atoms with van der Waals surface area (Å²) in [7, 11) is 0. The fourth-order valence-corrected chi connectivity index (χ4v) is 0.910. The molecular formula is C6H5N3O. The molecule has 0 aliphatic heterocycles. The second-order valence-electron chi connectivity index (χ2n) is 2.02. The van der Waals surface area contributed by atoms with Gasteiger partial charge in [-0.2, -0.15) is 9.61 Å². The predicted molar refractivity (Wildman–Crippen MR) is 35.4 cm³/mol. The van der Waals surface area contributed by atoms with Gasteiger partial charge in [0.05, 0.1) is 0 Å². The molecule has 0 atom stereocenters. The molecular weight excluding hydrogens is 130 g/mol. The van der Waals surface area contributed by atoms with Crippen LogP contribution in [-0.2, 0) is 0 Å². The van der Waals surface area contributed by atoms with Gasteiger partial charge >= 0.3 is 0 Å². The molecule has 0 saturated carbocycles. The Morgan fingerprint density at radius 1 is 1.60 bits per heavy atom. The number of rotatable bonds is 0. The van der Waals surface area contributed by atoms with Crippen molar-refractivity contribution in [3.05, 3.63) is 17.6 Å². The van der Waals surface area contributed by atoms with Crippen molar-refractivity contribution in [1.82, 2.24) is 14.6 Å². The van der Waals surface area contributed by atoms with Gasteiger partial charge in [-0.25, -0.2) is 4.98 Å². The van der Waals surface area contributed by atoms with Crippen LogP contribution in [0.4, 0.5) is 0 Å². The highest BCUT2D eigenvalue weighted by Gasteiger charge is 2.02. The number of fused-ring (bicyclic) bond motifs is 1. The second kappa shape index (κ2) is 1.47. The first-order valence-corrected chi connectivity index (χ1v) is 2.79. The third kappa shape index (κ3) is 0.452. The Hall–Kier alpha value is -1.58. The minimum Gasteiger partial charge on any atom is -0.493 e. The molecule has 0 fully saturated rings. The van der Waals surface area contributed by atoms with Gasteiger partial charge < -0.3 is 5.11 Å². The summed E-state index contributed by atoms with van der Waals surface area (Å²) >= 11 is 0. The lowest BCUT2D eigenvalue weighted by atomic mass is 10.5. The topological polar surface area (TPSA) is 50.4 Å². The van der Waals surface area contributed by atoms with E-state index >= 15 is 0 Å². The summed E-state index contributed by atoms with van der Waals surface area (Å²) in [4.78, 5) is 3.87. The first-order chi connectivity index (χ1) is 4.79. The fraction of sp³-hybridized carbons (Fsp3) is 0. The maximum absolute atomic E-state index is 9.10. The zero-order valence-electron chi connectivity index (χ0n) is 5.15. The van der Waals surface area contributed by atoms with E-state index in [1.165, 1.54) is 16.9 Å². The van der Waals surface area contributed by atoms with Crippen molar-refractivity contribution < 1.29 is 5.11 Å². The van der Waals surface area contributed by atoms with Crippen LogP contribution in [-0.4, -0.2) is 19.7 Å². The van der Waals surface area contributed by atoms with E-state index in [1.54, 1.807) is 0 Å². The Balaban J connectivity index is 3.12. The molecule has 0 amide bonds. The highest BCUT2D eigenvalue weighted by molar-refractivity contribution is 5.45. The Kier molecular flexibility index (Phi) is 0.768. The highest BCUT2D eigenvalue weighted by atomic mass is 16.3. The number of aromatic hydroxyl groups is 1. The van der Waals surface area contributed by atoms with Crippen LogP contribution in [0.5, 0.6) is 5.88 Å². The average molecular weight is 135 g/mol. The normalized spacial score (nSPS) is 10.8. The minimum absolute atomic E-state index is 0.0810. The largest absolute Gasteiger partial charge is 0.493 e. The third-order valence-electron chi connectivity index (χ3n) is 1.36.